The maximum absolute atomic E-state index is 5.56. The molecule has 108 valence electrons. The van der Waals surface area contributed by atoms with Crippen molar-refractivity contribution in [1.29, 1.82) is 0 Å². The summed E-state index contributed by atoms with van der Waals surface area (Å²) in [6.07, 6.45) is 5.05. The molecule has 1 heterocycles. The lowest BCUT2D eigenvalue weighted by molar-refractivity contribution is 0.161. The third kappa shape index (κ3) is 5.68. The summed E-state index contributed by atoms with van der Waals surface area (Å²) < 4.78 is 5.56. The normalized spacial score (nSPS) is 21.7. The molecule has 0 spiro atoms. The number of unbranched alkanes of at least 4 members (excludes halogenated alkanes) is 1. The fraction of sp³-hybridized carbons (Fsp3) is 1.00. The Balaban J connectivity index is 2.41. The molecule has 0 amide bonds. The molecule has 0 radical (unpaired) electrons. The summed E-state index contributed by atoms with van der Waals surface area (Å²) >= 11 is 0. The highest BCUT2D eigenvalue weighted by atomic mass is 16.5. The van der Waals surface area contributed by atoms with E-state index >= 15 is 0 Å². The number of nitrogens with zero attached hydrogens (tertiary/aromatic N) is 1. The standard InChI is InChI=1S/C15H32N2O/c1-4-7-10-17(6-3)12-15(16-9-5-2)14-8-11-18-13-14/h14-16H,4-13H2,1-3H3. The van der Waals surface area contributed by atoms with Gasteiger partial charge in [0.25, 0.3) is 0 Å². The predicted octanol–water partition coefficient (Wildman–Crippen LogP) is 2.51. The number of likely N-dealkylation sites (N-methyl/N-ethyl adjacent to an activating group) is 1. The molecule has 1 aliphatic rings. The molecular weight excluding hydrogens is 224 g/mol. The third-order valence-corrected chi connectivity index (χ3v) is 3.92. The minimum absolute atomic E-state index is 0.615. The molecule has 1 N–H and O–H groups in total. The van der Waals surface area contributed by atoms with Crippen molar-refractivity contribution in [3.8, 4) is 0 Å². The minimum Gasteiger partial charge on any atom is -0.381 e. The molecule has 1 saturated heterocycles. The molecule has 3 heteroatoms. The van der Waals surface area contributed by atoms with Crippen molar-refractivity contribution in [3.63, 3.8) is 0 Å². The first-order chi connectivity index (χ1) is 8.81. The summed E-state index contributed by atoms with van der Waals surface area (Å²) in [5.41, 5.74) is 0. The van der Waals surface area contributed by atoms with Crippen LogP contribution < -0.4 is 5.32 Å². The minimum atomic E-state index is 0.615. The SMILES string of the molecule is CCCCN(CC)CC(NCCC)C1CCOC1. The van der Waals surface area contributed by atoms with E-state index < -0.39 is 0 Å². The number of nitrogens with one attached hydrogen (secondary N) is 1. The van der Waals surface area contributed by atoms with Crippen molar-refractivity contribution >= 4 is 0 Å². The van der Waals surface area contributed by atoms with E-state index in [1.54, 1.807) is 0 Å². The molecule has 2 unspecified atom stereocenters. The van der Waals surface area contributed by atoms with Gasteiger partial charge in [-0.25, -0.2) is 0 Å². The van der Waals surface area contributed by atoms with Crippen molar-refractivity contribution in [2.45, 2.75) is 52.5 Å². The van der Waals surface area contributed by atoms with Crippen molar-refractivity contribution in [1.82, 2.24) is 10.2 Å². The Bertz CT molecular complexity index is 193. The number of ether oxygens (including phenoxy) is 1. The maximum Gasteiger partial charge on any atom is 0.0510 e. The smallest absolute Gasteiger partial charge is 0.0510 e. The van der Waals surface area contributed by atoms with Crippen LogP contribution in [0.3, 0.4) is 0 Å². The Morgan fingerprint density at radius 3 is 2.67 bits per heavy atom. The zero-order chi connectivity index (χ0) is 13.2. The third-order valence-electron chi connectivity index (χ3n) is 3.92. The van der Waals surface area contributed by atoms with E-state index in [4.69, 9.17) is 4.74 Å². The molecule has 0 saturated carbocycles. The Hall–Kier alpha value is -0.120. The fourth-order valence-corrected chi connectivity index (χ4v) is 2.62. The van der Waals surface area contributed by atoms with E-state index in [0.717, 1.165) is 26.3 Å². The number of rotatable bonds is 10. The van der Waals surface area contributed by atoms with Gasteiger partial charge < -0.3 is 15.0 Å². The van der Waals surface area contributed by atoms with E-state index in [9.17, 15) is 0 Å². The van der Waals surface area contributed by atoms with Gasteiger partial charge in [0.15, 0.2) is 0 Å². The van der Waals surface area contributed by atoms with Crippen LogP contribution in [-0.2, 0) is 4.74 Å². The second kappa shape index (κ2) is 9.76. The molecule has 1 aliphatic heterocycles. The topological polar surface area (TPSA) is 24.5 Å². The van der Waals surface area contributed by atoms with Gasteiger partial charge in [0.2, 0.25) is 0 Å². The van der Waals surface area contributed by atoms with Gasteiger partial charge in [-0.05, 0) is 38.9 Å². The highest BCUT2D eigenvalue weighted by molar-refractivity contribution is 4.82. The number of hydrogen-bond donors (Lipinski definition) is 1. The Kier molecular flexibility index (Phi) is 8.64. The highest BCUT2D eigenvalue weighted by Gasteiger charge is 2.26. The van der Waals surface area contributed by atoms with Crippen LogP contribution in [0.15, 0.2) is 0 Å². The molecule has 2 atom stereocenters. The largest absolute Gasteiger partial charge is 0.381 e. The van der Waals surface area contributed by atoms with Crippen LogP contribution in [0.25, 0.3) is 0 Å². The Morgan fingerprint density at radius 2 is 2.11 bits per heavy atom. The molecular formula is C15H32N2O. The molecule has 0 aliphatic carbocycles. The Labute approximate surface area is 113 Å². The molecule has 1 fully saturated rings. The van der Waals surface area contributed by atoms with Gasteiger partial charge in [0.05, 0.1) is 6.61 Å². The molecule has 0 bridgehead atoms. The lowest BCUT2D eigenvalue weighted by Crippen LogP contribution is -2.46. The summed E-state index contributed by atoms with van der Waals surface area (Å²) in [5.74, 6) is 0.715. The lowest BCUT2D eigenvalue weighted by Gasteiger charge is -2.30. The van der Waals surface area contributed by atoms with Gasteiger partial charge in [-0.15, -0.1) is 0 Å². The van der Waals surface area contributed by atoms with Crippen LogP contribution >= 0.6 is 0 Å². The van der Waals surface area contributed by atoms with Gasteiger partial charge in [0.1, 0.15) is 0 Å². The summed E-state index contributed by atoms with van der Waals surface area (Å²) in [5, 5.41) is 3.73. The zero-order valence-corrected chi connectivity index (χ0v) is 12.6. The van der Waals surface area contributed by atoms with Crippen LogP contribution in [0.2, 0.25) is 0 Å². The summed E-state index contributed by atoms with van der Waals surface area (Å²) in [6.45, 7) is 13.4. The average Bonchev–Trinajstić information content (AvgIpc) is 2.92. The van der Waals surface area contributed by atoms with Gasteiger partial charge in [0, 0.05) is 25.1 Å². The average molecular weight is 256 g/mol. The van der Waals surface area contributed by atoms with E-state index in [2.05, 4.69) is 31.0 Å². The van der Waals surface area contributed by atoms with E-state index in [-0.39, 0.29) is 0 Å². The maximum atomic E-state index is 5.56. The number of hydrogen-bond acceptors (Lipinski definition) is 3. The van der Waals surface area contributed by atoms with Crippen LogP contribution in [-0.4, -0.2) is 50.3 Å². The van der Waals surface area contributed by atoms with Crippen LogP contribution in [0.5, 0.6) is 0 Å². The van der Waals surface area contributed by atoms with E-state index in [1.165, 1.54) is 38.8 Å². The van der Waals surface area contributed by atoms with Crippen LogP contribution in [0.1, 0.15) is 46.5 Å². The highest BCUT2D eigenvalue weighted by Crippen LogP contribution is 2.18. The van der Waals surface area contributed by atoms with Gasteiger partial charge in [-0.1, -0.05) is 27.2 Å². The second-order valence-electron chi connectivity index (χ2n) is 5.43. The van der Waals surface area contributed by atoms with Crippen molar-refractivity contribution in [2.75, 3.05) is 39.4 Å². The quantitative estimate of drug-likeness (QED) is 0.650. The first-order valence-electron chi connectivity index (χ1n) is 7.85. The van der Waals surface area contributed by atoms with Crippen LogP contribution in [0.4, 0.5) is 0 Å². The fourth-order valence-electron chi connectivity index (χ4n) is 2.62. The van der Waals surface area contributed by atoms with E-state index in [0.29, 0.717) is 12.0 Å². The first-order valence-corrected chi connectivity index (χ1v) is 7.85. The summed E-state index contributed by atoms with van der Waals surface area (Å²) in [7, 11) is 0. The van der Waals surface area contributed by atoms with Gasteiger partial charge in [-0.3, -0.25) is 0 Å². The molecule has 0 aromatic rings. The lowest BCUT2D eigenvalue weighted by atomic mass is 9.98. The molecule has 0 aromatic carbocycles. The van der Waals surface area contributed by atoms with E-state index in [1.807, 2.05) is 0 Å². The molecule has 1 rings (SSSR count). The molecule has 0 aromatic heterocycles. The summed E-state index contributed by atoms with van der Waals surface area (Å²) in [6, 6.07) is 0.615. The summed E-state index contributed by atoms with van der Waals surface area (Å²) in [4.78, 5) is 2.59. The van der Waals surface area contributed by atoms with Gasteiger partial charge >= 0.3 is 0 Å². The van der Waals surface area contributed by atoms with Crippen LogP contribution in [0, 0.1) is 5.92 Å². The van der Waals surface area contributed by atoms with Crippen molar-refractivity contribution in [3.05, 3.63) is 0 Å². The van der Waals surface area contributed by atoms with Gasteiger partial charge in [-0.2, -0.15) is 0 Å². The van der Waals surface area contributed by atoms with Crippen molar-refractivity contribution in [2.24, 2.45) is 5.92 Å². The zero-order valence-electron chi connectivity index (χ0n) is 12.6. The molecule has 18 heavy (non-hydrogen) atoms. The second-order valence-corrected chi connectivity index (χ2v) is 5.43. The predicted molar refractivity (Wildman–Crippen MR) is 78.0 cm³/mol. The van der Waals surface area contributed by atoms with Crippen molar-refractivity contribution < 1.29 is 4.74 Å². The molecule has 3 nitrogen and oxygen atoms in total. The Morgan fingerprint density at radius 1 is 1.28 bits per heavy atom. The first kappa shape index (κ1) is 15.9. The monoisotopic (exact) mass is 256 g/mol.